The van der Waals surface area contributed by atoms with Gasteiger partial charge in [-0.05, 0) is 36.1 Å². The zero-order chi connectivity index (χ0) is 16.5. The highest BCUT2D eigenvalue weighted by molar-refractivity contribution is 7.14. The predicted molar refractivity (Wildman–Crippen MR) is 96.3 cm³/mol. The van der Waals surface area contributed by atoms with Gasteiger partial charge in [-0.25, -0.2) is 4.98 Å². The number of aromatic nitrogens is 2. The molecule has 1 fully saturated rings. The van der Waals surface area contributed by atoms with Gasteiger partial charge in [0.25, 0.3) is 0 Å². The molecule has 1 aliphatic rings. The molecule has 1 N–H and O–H groups in total. The Balaban J connectivity index is 1.43. The van der Waals surface area contributed by atoms with Crippen molar-refractivity contribution < 1.29 is 4.79 Å². The first-order chi connectivity index (χ1) is 11.7. The van der Waals surface area contributed by atoms with Crippen LogP contribution in [-0.4, -0.2) is 15.9 Å². The maximum atomic E-state index is 12.4. The van der Waals surface area contributed by atoms with E-state index in [1.54, 1.807) is 12.4 Å². The maximum Gasteiger partial charge on any atom is 0.229 e. The molecule has 1 saturated carbocycles. The SMILES string of the molecule is O=C(Nc1nc(-c2cccnc2)cs1)[C@@H]1C[C@H]1c1ccccc1Cl. The molecule has 0 unspecified atom stereocenters. The van der Waals surface area contributed by atoms with Gasteiger partial charge in [0, 0.05) is 34.3 Å². The van der Waals surface area contributed by atoms with Gasteiger partial charge in [0.15, 0.2) is 5.13 Å². The summed E-state index contributed by atoms with van der Waals surface area (Å²) in [6.07, 6.45) is 4.31. The lowest BCUT2D eigenvalue weighted by molar-refractivity contribution is -0.117. The van der Waals surface area contributed by atoms with Crippen LogP contribution in [0.25, 0.3) is 11.3 Å². The Labute approximate surface area is 148 Å². The van der Waals surface area contributed by atoms with Crippen molar-refractivity contribution in [3.63, 3.8) is 0 Å². The van der Waals surface area contributed by atoms with Gasteiger partial charge in [-0.1, -0.05) is 29.8 Å². The number of halogens is 1. The summed E-state index contributed by atoms with van der Waals surface area (Å²) in [5.41, 5.74) is 2.81. The number of nitrogens with one attached hydrogen (secondary N) is 1. The van der Waals surface area contributed by atoms with Gasteiger partial charge in [0.1, 0.15) is 0 Å². The van der Waals surface area contributed by atoms with E-state index in [1.165, 1.54) is 11.3 Å². The van der Waals surface area contributed by atoms with E-state index in [1.807, 2.05) is 41.8 Å². The highest BCUT2D eigenvalue weighted by atomic mass is 35.5. The monoisotopic (exact) mass is 355 g/mol. The van der Waals surface area contributed by atoms with Crippen molar-refractivity contribution in [2.45, 2.75) is 12.3 Å². The molecule has 2 aromatic heterocycles. The van der Waals surface area contributed by atoms with Crippen molar-refractivity contribution in [3.8, 4) is 11.3 Å². The fourth-order valence-corrected chi connectivity index (χ4v) is 3.78. The highest BCUT2D eigenvalue weighted by Gasteiger charge is 2.45. The molecule has 0 aliphatic heterocycles. The van der Waals surface area contributed by atoms with Crippen molar-refractivity contribution in [1.82, 2.24) is 9.97 Å². The van der Waals surface area contributed by atoms with E-state index in [9.17, 15) is 4.79 Å². The van der Waals surface area contributed by atoms with Crippen LogP contribution in [0.2, 0.25) is 5.02 Å². The van der Waals surface area contributed by atoms with Crippen LogP contribution in [0, 0.1) is 5.92 Å². The summed E-state index contributed by atoms with van der Waals surface area (Å²) in [5, 5.41) is 6.18. The summed E-state index contributed by atoms with van der Waals surface area (Å²) >= 11 is 7.63. The minimum atomic E-state index is -0.0318. The van der Waals surface area contributed by atoms with Crippen LogP contribution in [0.3, 0.4) is 0 Å². The molecular formula is C18H14ClN3OS. The standard InChI is InChI=1S/C18H14ClN3OS/c19-15-6-2-1-5-12(15)13-8-14(13)17(23)22-18-21-16(10-24-18)11-4-3-7-20-9-11/h1-7,9-10,13-14H,8H2,(H,21,22,23)/t13-,14+/m0/s1. The molecule has 0 saturated heterocycles. The molecule has 0 radical (unpaired) electrons. The van der Waals surface area contributed by atoms with Gasteiger partial charge >= 0.3 is 0 Å². The minimum absolute atomic E-state index is 0.00649. The largest absolute Gasteiger partial charge is 0.302 e. The number of carbonyl (C=O) groups is 1. The molecule has 3 aromatic rings. The number of anilines is 1. The van der Waals surface area contributed by atoms with E-state index >= 15 is 0 Å². The smallest absolute Gasteiger partial charge is 0.229 e. The minimum Gasteiger partial charge on any atom is -0.302 e. The number of carbonyl (C=O) groups excluding carboxylic acids is 1. The number of rotatable bonds is 4. The number of hydrogen-bond donors (Lipinski definition) is 1. The third-order valence-electron chi connectivity index (χ3n) is 4.12. The van der Waals surface area contributed by atoms with Crippen LogP contribution in [0.5, 0.6) is 0 Å². The van der Waals surface area contributed by atoms with Crippen molar-refractivity contribution in [3.05, 3.63) is 64.8 Å². The average molecular weight is 356 g/mol. The summed E-state index contributed by atoms with van der Waals surface area (Å²) in [4.78, 5) is 21.0. The topological polar surface area (TPSA) is 54.9 Å². The quantitative estimate of drug-likeness (QED) is 0.744. The second-order valence-corrected chi connectivity index (χ2v) is 7.00. The number of hydrogen-bond acceptors (Lipinski definition) is 4. The summed E-state index contributed by atoms with van der Waals surface area (Å²) in [5.74, 6) is 0.180. The fraction of sp³-hybridized carbons (Fsp3) is 0.167. The Morgan fingerprint density at radius 3 is 2.92 bits per heavy atom. The number of nitrogens with zero attached hydrogens (tertiary/aromatic N) is 2. The molecule has 2 atom stereocenters. The zero-order valence-electron chi connectivity index (χ0n) is 12.6. The molecule has 0 bridgehead atoms. The molecule has 1 aliphatic carbocycles. The van der Waals surface area contributed by atoms with Crippen molar-refractivity contribution in [2.75, 3.05) is 5.32 Å². The lowest BCUT2D eigenvalue weighted by Crippen LogP contribution is -2.14. The van der Waals surface area contributed by atoms with Gasteiger partial charge in [-0.3, -0.25) is 9.78 Å². The van der Waals surface area contributed by atoms with Crippen molar-refractivity contribution in [2.24, 2.45) is 5.92 Å². The van der Waals surface area contributed by atoms with E-state index in [4.69, 9.17) is 11.6 Å². The third-order valence-corrected chi connectivity index (χ3v) is 5.23. The van der Waals surface area contributed by atoms with E-state index in [-0.39, 0.29) is 17.7 Å². The molecule has 2 heterocycles. The van der Waals surface area contributed by atoms with Gasteiger partial charge in [0.05, 0.1) is 5.69 Å². The Morgan fingerprint density at radius 2 is 2.12 bits per heavy atom. The molecule has 24 heavy (non-hydrogen) atoms. The molecular weight excluding hydrogens is 342 g/mol. The van der Waals surface area contributed by atoms with Crippen molar-refractivity contribution in [1.29, 1.82) is 0 Å². The normalized spacial score (nSPS) is 19.0. The Kier molecular flexibility index (Phi) is 4.04. The molecule has 1 aromatic carbocycles. The van der Waals surface area contributed by atoms with E-state index in [2.05, 4.69) is 15.3 Å². The van der Waals surface area contributed by atoms with Gasteiger partial charge in [-0.15, -0.1) is 11.3 Å². The highest BCUT2D eigenvalue weighted by Crippen LogP contribution is 2.50. The summed E-state index contributed by atoms with van der Waals surface area (Å²) in [7, 11) is 0. The fourth-order valence-electron chi connectivity index (χ4n) is 2.78. The number of thiazole rings is 1. The summed E-state index contributed by atoms with van der Waals surface area (Å²) in [6, 6.07) is 11.5. The Morgan fingerprint density at radius 1 is 1.25 bits per heavy atom. The van der Waals surface area contributed by atoms with Crippen LogP contribution < -0.4 is 5.32 Å². The number of pyridine rings is 1. The van der Waals surface area contributed by atoms with Gasteiger partial charge in [0.2, 0.25) is 5.91 Å². The second kappa shape index (κ2) is 6.34. The predicted octanol–water partition coefficient (Wildman–Crippen LogP) is 4.60. The Hall–Kier alpha value is -2.24. The Bertz CT molecular complexity index is 881. The summed E-state index contributed by atoms with van der Waals surface area (Å²) in [6.45, 7) is 0. The maximum absolute atomic E-state index is 12.4. The van der Waals surface area contributed by atoms with Gasteiger partial charge < -0.3 is 5.32 Å². The van der Waals surface area contributed by atoms with E-state index < -0.39 is 0 Å². The van der Waals surface area contributed by atoms with Crippen molar-refractivity contribution >= 4 is 34.0 Å². The lowest BCUT2D eigenvalue weighted by Gasteiger charge is -2.03. The molecule has 4 nitrogen and oxygen atoms in total. The van der Waals surface area contributed by atoms with Gasteiger partial charge in [-0.2, -0.15) is 0 Å². The molecule has 6 heteroatoms. The first-order valence-corrected chi connectivity index (χ1v) is 8.89. The molecule has 120 valence electrons. The van der Waals surface area contributed by atoms with Crippen LogP contribution in [0.15, 0.2) is 54.2 Å². The van der Waals surface area contributed by atoms with Crippen LogP contribution in [0.1, 0.15) is 17.9 Å². The third kappa shape index (κ3) is 3.05. The molecule has 4 rings (SSSR count). The molecule has 1 amide bonds. The average Bonchev–Trinajstić information content (AvgIpc) is 3.27. The van der Waals surface area contributed by atoms with E-state index in [0.717, 1.165) is 28.3 Å². The number of amides is 1. The summed E-state index contributed by atoms with van der Waals surface area (Å²) < 4.78 is 0. The molecule has 0 spiro atoms. The zero-order valence-corrected chi connectivity index (χ0v) is 14.2. The first kappa shape index (κ1) is 15.3. The van der Waals surface area contributed by atoms with Crippen LogP contribution >= 0.6 is 22.9 Å². The second-order valence-electron chi connectivity index (χ2n) is 5.74. The van der Waals surface area contributed by atoms with Crippen LogP contribution in [0.4, 0.5) is 5.13 Å². The lowest BCUT2D eigenvalue weighted by atomic mass is 10.1. The van der Waals surface area contributed by atoms with E-state index in [0.29, 0.717) is 5.13 Å². The van der Waals surface area contributed by atoms with Crippen LogP contribution in [-0.2, 0) is 4.79 Å². The number of benzene rings is 1. The first-order valence-electron chi connectivity index (χ1n) is 7.63.